The van der Waals surface area contributed by atoms with Gasteiger partial charge in [-0.25, -0.2) is 0 Å². The van der Waals surface area contributed by atoms with Gasteiger partial charge in [-0.2, -0.15) is 0 Å². The van der Waals surface area contributed by atoms with Crippen LogP contribution in [0, 0.1) is 0 Å². The number of amides is 1. The molecule has 0 saturated carbocycles. The van der Waals surface area contributed by atoms with Gasteiger partial charge in [-0.3, -0.25) is 9.89 Å². The number of anilines is 2. The Morgan fingerprint density at radius 2 is 2.23 bits per heavy atom. The largest absolute Gasteiger partial charge is 0.459 e. The van der Waals surface area contributed by atoms with Crippen LogP contribution in [0.15, 0.2) is 0 Å². The van der Waals surface area contributed by atoms with Crippen LogP contribution in [0.2, 0.25) is 0 Å². The summed E-state index contributed by atoms with van der Waals surface area (Å²) in [5.74, 6) is 0.411. The molecule has 0 bridgehead atoms. The number of rotatable bonds is 0. The van der Waals surface area contributed by atoms with Gasteiger partial charge >= 0.3 is 0 Å². The molecule has 1 aromatic heterocycles. The third-order valence-electron chi connectivity index (χ3n) is 1.90. The molecule has 1 amide bonds. The fourth-order valence-corrected chi connectivity index (χ4v) is 1.08. The van der Waals surface area contributed by atoms with Crippen LogP contribution in [0.3, 0.4) is 0 Å². The lowest BCUT2D eigenvalue weighted by molar-refractivity contribution is -0.129. The third-order valence-corrected chi connectivity index (χ3v) is 1.90. The first-order valence-electron chi connectivity index (χ1n) is 3.85. The fourth-order valence-electron chi connectivity index (χ4n) is 1.08. The molecule has 13 heavy (non-hydrogen) atoms. The predicted molar refractivity (Wildman–Crippen MR) is 46.3 cm³/mol. The van der Waals surface area contributed by atoms with E-state index in [2.05, 4.69) is 15.5 Å². The van der Waals surface area contributed by atoms with Crippen LogP contribution in [-0.2, 0) is 4.79 Å². The summed E-state index contributed by atoms with van der Waals surface area (Å²) in [6.45, 7) is 3.33. The van der Waals surface area contributed by atoms with Gasteiger partial charge in [0.05, 0.1) is 0 Å². The molecule has 6 nitrogen and oxygen atoms in total. The lowest BCUT2D eigenvalue weighted by Crippen LogP contribution is -2.45. The standard InChI is InChI=1S/C7H10N4O2/c1-7(2)6(12)9-3-4(8)10-11-5(3)13-7/h1-2H3,(H,9,12)(H3,8,10,11). The Bertz CT molecular complexity index is 369. The van der Waals surface area contributed by atoms with Crippen molar-refractivity contribution >= 4 is 17.4 Å². The van der Waals surface area contributed by atoms with Gasteiger partial charge < -0.3 is 15.8 Å². The van der Waals surface area contributed by atoms with Crippen molar-refractivity contribution < 1.29 is 9.53 Å². The molecule has 0 radical (unpaired) electrons. The maximum atomic E-state index is 11.4. The summed E-state index contributed by atoms with van der Waals surface area (Å²) in [5.41, 5.74) is 5.03. The summed E-state index contributed by atoms with van der Waals surface area (Å²) < 4.78 is 5.32. The van der Waals surface area contributed by atoms with E-state index in [-0.39, 0.29) is 5.91 Å². The molecule has 0 aliphatic carbocycles. The molecule has 70 valence electrons. The number of carbonyl (C=O) groups excluding carboxylic acids is 1. The summed E-state index contributed by atoms with van der Waals surface area (Å²) in [7, 11) is 0. The minimum absolute atomic E-state index is 0.229. The van der Waals surface area contributed by atoms with Gasteiger partial charge in [0.15, 0.2) is 5.60 Å². The zero-order valence-electron chi connectivity index (χ0n) is 7.34. The van der Waals surface area contributed by atoms with Crippen molar-refractivity contribution in [1.29, 1.82) is 0 Å². The Hall–Kier alpha value is -1.72. The zero-order chi connectivity index (χ0) is 9.64. The minimum Gasteiger partial charge on any atom is -0.459 e. The quantitative estimate of drug-likeness (QED) is 0.530. The van der Waals surface area contributed by atoms with E-state index in [0.717, 1.165) is 0 Å². The van der Waals surface area contributed by atoms with Gasteiger partial charge in [-0.15, -0.1) is 5.10 Å². The van der Waals surface area contributed by atoms with E-state index >= 15 is 0 Å². The molecule has 6 heteroatoms. The monoisotopic (exact) mass is 182 g/mol. The normalized spacial score (nSPS) is 18.8. The first-order valence-corrected chi connectivity index (χ1v) is 3.85. The summed E-state index contributed by atoms with van der Waals surface area (Å²) >= 11 is 0. The number of nitrogens with two attached hydrogens (primary N) is 1. The second-order valence-electron chi connectivity index (χ2n) is 3.38. The molecule has 1 aliphatic rings. The molecule has 2 heterocycles. The van der Waals surface area contributed by atoms with Crippen molar-refractivity contribution in [2.24, 2.45) is 0 Å². The number of hydrogen-bond donors (Lipinski definition) is 3. The van der Waals surface area contributed by atoms with Crippen molar-refractivity contribution in [3.05, 3.63) is 0 Å². The third kappa shape index (κ3) is 1.02. The van der Waals surface area contributed by atoms with Gasteiger partial charge in [0.2, 0.25) is 0 Å². The number of nitrogens with one attached hydrogen (secondary N) is 2. The molecule has 0 spiro atoms. The minimum atomic E-state index is -0.894. The number of nitrogens with zero attached hydrogens (tertiary/aromatic N) is 1. The second kappa shape index (κ2) is 2.15. The van der Waals surface area contributed by atoms with Crippen LogP contribution in [0.1, 0.15) is 13.8 Å². The van der Waals surface area contributed by atoms with Gasteiger partial charge in [0, 0.05) is 0 Å². The van der Waals surface area contributed by atoms with Crippen LogP contribution in [0.5, 0.6) is 5.88 Å². The van der Waals surface area contributed by atoms with E-state index in [1.165, 1.54) is 0 Å². The number of ether oxygens (including phenoxy) is 1. The van der Waals surface area contributed by atoms with Crippen molar-refractivity contribution in [2.75, 3.05) is 11.1 Å². The molecule has 1 aromatic rings. The molecule has 0 saturated heterocycles. The predicted octanol–water partition coefficient (Wildman–Crippen LogP) is 0.101. The van der Waals surface area contributed by atoms with Gasteiger partial charge in [-0.1, -0.05) is 0 Å². The molecule has 0 fully saturated rings. The number of aromatic amines is 1. The highest BCUT2D eigenvalue weighted by atomic mass is 16.5. The highest BCUT2D eigenvalue weighted by Crippen LogP contribution is 2.34. The summed E-state index contributed by atoms with van der Waals surface area (Å²) in [6, 6.07) is 0. The average Bonchev–Trinajstić information content (AvgIpc) is 2.34. The lowest BCUT2D eigenvalue weighted by Gasteiger charge is -2.28. The Morgan fingerprint density at radius 1 is 1.54 bits per heavy atom. The van der Waals surface area contributed by atoms with E-state index in [1.54, 1.807) is 13.8 Å². The number of H-pyrrole nitrogens is 1. The van der Waals surface area contributed by atoms with Crippen LogP contribution >= 0.6 is 0 Å². The van der Waals surface area contributed by atoms with Crippen molar-refractivity contribution in [2.45, 2.75) is 19.4 Å². The maximum Gasteiger partial charge on any atom is 0.268 e. The number of aromatic nitrogens is 2. The molecule has 0 aromatic carbocycles. The van der Waals surface area contributed by atoms with Crippen molar-refractivity contribution in [1.82, 2.24) is 10.2 Å². The molecule has 0 unspecified atom stereocenters. The summed E-state index contributed by atoms with van der Waals surface area (Å²) in [5, 5.41) is 8.94. The highest BCUT2D eigenvalue weighted by molar-refractivity contribution is 6.02. The van der Waals surface area contributed by atoms with Crippen molar-refractivity contribution in [3.63, 3.8) is 0 Å². The summed E-state index contributed by atoms with van der Waals surface area (Å²) in [4.78, 5) is 11.4. The second-order valence-corrected chi connectivity index (χ2v) is 3.38. The average molecular weight is 182 g/mol. The SMILES string of the molecule is CC1(C)Oc2n[nH]c(N)c2NC1=O. The van der Waals surface area contributed by atoms with E-state index in [9.17, 15) is 4.79 Å². The number of fused-ring (bicyclic) bond motifs is 1. The topological polar surface area (TPSA) is 93.0 Å². The van der Waals surface area contributed by atoms with Gasteiger partial charge in [0.1, 0.15) is 11.5 Å². The first-order chi connectivity index (χ1) is 6.00. The van der Waals surface area contributed by atoms with Crippen LogP contribution in [0.4, 0.5) is 11.5 Å². The van der Waals surface area contributed by atoms with Crippen LogP contribution in [-0.4, -0.2) is 21.7 Å². The van der Waals surface area contributed by atoms with E-state index in [1.807, 2.05) is 0 Å². The van der Waals surface area contributed by atoms with Gasteiger partial charge in [0.25, 0.3) is 11.8 Å². The number of nitrogen functional groups attached to an aromatic ring is 1. The Labute approximate surface area is 74.4 Å². The Balaban J connectivity index is 2.46. The number of carbonyl (C=O) groups is 1. The van der Waals surface area contributed by atoms with Crippen LogP contribution in [0.25, 0.3) is 0 Å². The van der Waals surface area contributed by atoms with Gasteiger partial charge in [-0.05, 0) is 13.8 Å². The van der Waals surface area contributed by atoms with E-state index < -0.39 is 5.60 Å². The Morgan fingerprint density at radius 3 is 2.92 bits per heavy atom. The molecule has 0 atom stereocenters. The number of hydrogen-bond acceptors (Lipinski definition) is 4. The highest BCUT2D eigenvalue weighted by Gasteiger charge is 2.37. The fraction of sp³-hybridized carbons (Fsp3) is 0.429. The lowest BCUT2D eigenvalue weighted by atomic mass is 10.1. The molecule has 4 N–H and O–H groups in total. The summed E-state index contributed by atoms with van der Waals surface area (Å²) in [6.07, 6.45) is 0. The molecular weight excluding hydrogens is 172 g/mol. The zero-order valence-corrected chi connectivity index (χ0v) is 7.34. The Kier molecular flexibility index (Phi) is 1.31. The molecule has 2 rings (SSSR count). The maximum absolute atomic E-state index is 11.4. The molecular formula is C7H10N4O2. The van der Waals surface area contributed by atoms with E-state index in [0.29, 0.717) is 17.4 Å². The first kappa shape index (κ1) is 7.90. The molecule has 1 aliphatic heterocycles. The smallest absolute Gasteiger partial charge is 0.268 e. The van der Waals surface area contributed by atoms with E-state index in [4.69, 9.17) is 10.5 Å². The van der Waals surface area contributed by atoms with Crippen molar-refractivity contribution in [3.8, 4) is 5.88 Å². The van der Waals surface area contributed by atoms with Crippen LogP contribution < -0.4 is 15.8 Å².